The van der Waals surface area contributed by atoms with E-state index < -0.39 is 0 Å². The normalized spacial score (nSPS) is 14.6. The number of rotatable bonds is 7. The zero-order valence-corrected chi connectivity index (χ0v) is 11.9. The Labute approximate surface area is 107 Å². The van der Waals surface area contributed by atoms with Crippen LogP contribution in [-0.2, 0) is 0 Å². The molecule has 0 aliphatic rings. The second-order valence-electron chi connectivity index (χ2n) is 5.25. The summed E-state index contributed by atoms with van der Waals surface area (Å²) in [6.45, 7) is 9.01. The van der Waals surface area contributed by atoms with Crippen molar-refractivity contribution >= 4 is 0 Å². The van der Waals surface area contributed by atoms with Crippen molar-refractivity contribution < 1.29 is 0 Å². The quantitative estimate of drug-likeness (QED) is 0.638. The largest absolute Gasteiger partial charge is 0.261 e. The van der Waals surface area contributed by atoms with Crippen LogP contribution in [0.15, 0.2) is 18.3 Å². The molecule has 96 valence electrons. The van der Waals surface area contributed by atoms with Gasteiger partial charge in [0.1, 0.15) is 0 Å². The Kier molecular flexibility index (Phi) is 6.25. The molecule has 1 aromatic rings. The summed E-state index contributed by atoms with van der Waals surface area (Å²) < 4.78 is 0. The van der Waals surface area contributed by atoms with Gasteiger partial charge in [0.25, 0.3) is 0 Å². The lowest BCUT2D eigenvalue weighted by Crippen LogP contribution is -2.10. The van der Waals surface area contributed by atoms with Gasteiger partial charge in [-0.2, -0.15) is 0 Å². The highest BCUT2D eigenvalue weighted by molar-refractivity contribution is 5.18. The van der Waals surface area contributed by atoms with E-state index in [0.717, 1.165) is 11.6 Å². The van der Waals surface area contributed by atoms with Crippen LogP contribution in [0.25, 0.3) is 0 Å². The Morgan fingerprint density at radius 3 is 2.41 bits per heavy atom. The first kappa shape index (κ1) is 14.2. The molecule has 1 heterocycles. The Morgan fingerprint density at radius 1 is 1.12 bits per heavy atom. The average Bonchev–Trinajstić information content (AvgIpc) is 2.34. The lowest BCUT2D eigenvalue weighted by atomic mass is 9.82. The van der Waals surface area contributed by atoms with Gasteiger partial charge in [0.05, 0.1) is 0 Å². The van der Waals surface area contributed by atoms with Gasteiger partial charge in [0.15, 0.2) is 0 Å². The molecule has 0 spiro atoms. The number of aryl methyl sites for hydroxylation is 1. The maximum Gasteiger partial charge on any atom is 0.0372 e. The molecule has 0 aliphatic heterocycles. The Bertz CT molecular complexity index is 302. The summed E-state index contributed by atoms with van der Waals surface area (Å²) in [6, 6.07) is 4.41. The molecule has 0 aromatic carbocycles. The van der Waals surface area contributed by atoms with Crippen LogP contribution in [0.5, 0.6) is 0 Å². The summed E-state index contributed by atoms with van der Waals surface area (Å²) in [6.07, 6.45) is 8.62. The monoisotopic (exact) mass is 233 g/mol. The van der Waals surface area contributed by atoms with E-state index in [0.29, 0.717) is 5.92 Å². The van der Waals surface area contributed by atoms with Gasteiger partial charge < -0.3 is 0 Å². The van der Waals surface area contributed by atoms with Gasteiger partial charge in [-0.25, -0.2) is 0 Å². The molecule has 0 saturated heterocycles. The maximum absolute atomic E-state index is 4.44. The molecular formula is C16H27N. The highest BCUT2D eigenvalue weighted by Gasteiger charge is 2.18. The zero-order valence-electron chi connectivity index (χ0n) is 11.9. The first-order valence-corrected chi connectivity index (χ1v) is 7.11. The molecule has 0 fully saturated rings. The van der Waals surface area contributed by atoms with Gasteiger partial charge >= 0.3 is 0 Å². The van der Waals surface area contributed by atoms with Crippen LogP contribution in [0, 0.1) is 12.8 Å². The van der Waals surface area contributed by atoms with E-state index in [1.54, 1.807) is 0 Å². The van der Waals surface area contributed by atoms with Crippen molar-refractivity contribution in [1.29, 1.82) is 0 Å². The van der Waals surface area contributed by atoms with Crippen LogP contribution in [0.3, 0.4) is 0 Å². The van der Waals surface area contributed by atoms with Crippen molar-refractivity contribution in [2.45, 2.75) is 65.7 Å². The zero-order chi connectivity index (χ0) is 12.7. The first-order chi connectivity index (χ1) is 8.19. The lowest BCUT2D eigenvalue weighted by molar-refractivity contribution is 0.392. The lowest BCUT2D eigenvalue weighted by Gasteiger charge is -2.24. The molecule has 0 aliphatic carbocycles. The summed E-state index contributed by atoms with van der Waals surface area (Å²) in [5.41, 5.74) is 2.55. The maximum atomic E-state index is 4.44. The predicted molar refractivity (Wildman–Crippen MR) is 75.3 cm³/mol. The van der Waals surface area contributed by atoms with Crippen LogP contribution >= 0.6 is 0 Å². The van der Waals surface area contributed by atoms with Crippen molar-refractivity contribution in [3.8, 4) is 0 Å². The summed E-state index contributed by atoms with van der Waals surface area (Å²) in [7, 11) is 0. The second kappa shape index (κ2) is 7.47. The fourth-order valence-electron chi connectivity index (χ4n) is 2.52. The predicted octanol–water partition coefficient (Wildman–Crippen LogP) is 5.10. The number of aromatic nitrogens is 1. The van der Waals surface area contributed by atoms with E-state index in [4.69, 9.17) is 0 Å². The number of hydrogen-bond acceptors (Lipinski definition) is 1. The second-order valence-corrected chi connectivity index (χ2v) is 5.25. The standard InChI is InChI=1S/C16H27N/c1-5-7-9-13(3)16(8-6-2)15-11-10-14(4)17-12-15/h10-13,16H,5-9H2,1-4H3. The van der Waals surface area contributed by atoms with E-state index in [1.807, 2.05) is 0 Å². The third-order valence-electron chi connectivity index (χ3n) is 3.66. The Morgan fingerprint density at radius 2 is 1.88 bits per heavy atom. The Hall–Kier alpha value is -0.850. The molecule has 1 aromatic heterocycles. The van der Waals surface area contributed by atoms with Crippen molar-refractivity contribution in [2.24, 2.45) is 5.92 Å². The summed E-state index contributed by atoms with van der Waals surface area (Å²) >= 11 is 0. The van der Waals surface area contributed by atoms with Crippen molar-refractivity contribution in [2.75, 3.05) is 0 Å². The highest BCUT2D eigenvalue weighted by Crippen LogP contribution is 2.32. The molecule has 0 bridgehead atoms. The van der Waals surface area contributed by atoms with Gasteiger partial charge in [0.2, 0.25) is 0 Å². The van der Waals surface area contributed by atoms with Crippen LogP contribution < -0.4 is 0 Å². The molecule has 0 amide bonds. The van der Waals surface area contributed by atoms with Gasteiger partial charge in [-0.1, -0.05) is 52.5 Å². The van der Waals surface area contributed by atoms with Gasteiger partial charge in [0, 0.05) is 11.9 Å². The van der Waals surface area contributed by atoms with Crippen LogP contribution in [0.4, 0.5) is 0 Å². The van der Waals surface area contributed by atoms with E-state index in [1.165, 1.54) is 37.7 Å². The smallest absolute Gasteiger partial charge is 0.0372 e. The molecule has 1 heteroatoms. The number of pyridine rings is 1. The van der Waals surface area contributed by atoms with Crippen molar-refractivity contribution in [3.63, 3.8) is 0 Å². The van der Waals surface area contributed by atoms with Crippen LogP contribution in [0.1, 0.15) is 70.1 Å². The Balaban J connectivity index is 2.73. The molecule has 2 unspecified atom stereocenters. The molecule has 1 rings (SSSR count). The van der Waals surface area contributed by atoms with E-state index in [2.05, 4.69) is 51.0 Å². The van der Waals surface area contributed by atoms with Gasteiger partial charge in [-0.15, -0.1) is 0 Å². The van der Waals surface area contributed by atoms with Gasteiger partial charge in [-0.05, 0) is 36.8 Å². The number of nitrogens with zero attached hydrogens (tertiary/aromatic N) is 1. The fourth-order valence-corrected chi connectivity index (χ4v) is 2.52. The highest BCUT2D eigenvalue weighted by atomic mass is 14.7. The average molecular weight is 233 g/mol. The minimum Gasteiger partial charge on any atom is -0.261 e. The molecule has 0 radical (unpaired) electrons. The fraction of sp³-hybridized carbons (Fsp3) is 0.688. The minimum absolute atomic E-state index is 0.694. The molecular weight excluding hydrogens is 206 g/mol. The van der Waals surface area contributed by atoms with Gasteiger partial charge in [-0.3, -0.25) is 4.98 Å². The SMILES string of the molecule is CCCCC(C)C(CCC)c1ccc(C)nc1. The van der Waals surface area contributed by atoms with Crippen LogP contribution in [-0.4, -0.2) is 4.98 Å². The van der Waals surface area contributed by atoms with Crippen LogP contribution in [0.2, 0.25) is 0 Å². The minimum atomic E-state index is 0.694. The first-order valence-electron chi connectivity index (χ1n) is 7.11. The molecule has 1 nitrogen and oxygen atoms in total. The molecule has 0 saturated carbocycles. The van der Waals surface area contributed by atoms with Crippen molar-refractivity contribution in [3.05, 3.63) is 29.6 Å². The van der Waals surface area contributed by atoms with Crippen molar-refractivity contribution in [1.82, 2.24) is 4.98 Å². The van der Waals surface area contributed by atoms with E-state index in [-0.39, 0.29) is 0 Å². The van der Waals surface area contributed by atoms with E-state index >= 15 is 0 Å². The summed E-state index contributed by atoms with van der Waals surface area (Å²) in [5, 5.41) is 0. The topological polar surface area (TPSA) is 12.9 Å². The third-order valence-corrected chi connectivity index (χ3v) is 3.66. The molecule has 0 N–H and O–H groups in total. The third kappa shape index (κ3) is 4.49. The molecule has 17 heavy (non-hydrogen) atoms. The summed E-state index contributed by atoms with van der Waals surface area (Å²) in [5.74, 6) is 1.47. The number of hydrogen-bond donors (Lipinski definition) is 0. The summed E-state index contributed by atoms with van der Waals surface area (Å²) in [4.78, 5) is 4.44. The number of unbranched alkanes of at least 4 members (excludes halogenated alkanes) is 1. The molecule has 2 atom stereocenters. The van der Waals surface area contributed by atoms with E-state index in [9.17, 15) is 0 Å².